The van der Waals surface area contributed by atoms with Gasteiger partial charge in [0, 0.05) is 31.3 Å². The topological polar surface area (TPSA) is 93.3 Å². The molecule has 1 amide bonds. The molecule has 0 atom stereocenters. The van der Waals surface area contributed by atoms with E-state index >= 15 is 0 Å². The number of hydrogen-bond acceptors (Lipinski definition) is 7. The smallest absolute Gasteiger partial charge is 0.228 e. The van der Waals surface area contributed by atoms with Crippen LogP contribution in [0.1, 0.15) is 42.8 Å². The Morgan fingerprint density at radius 2 is 1.91 bits per heavy atom. The zero-order valence-corrected chi connectivity index (χ0v) is 19.1. The monoisotopic (exact) mass is 453 g/mol. The number of Topliss-reactive ketones (excluding diaryl/α,β-unsaturated/α-hetero) is 1. The normalized spacial score (nSPS) is 14.5. The molecule has 4 rings (SSSR count). The first kappa shape index (κ1) is 22.1. The number of amides is 1. The van der Waals surface area contributed by atoms with Crippen LogP contribution in [0.3, 0.4) is 0 Å². The van der Waals surface area contributed by atoms with Gasteiger partial charge in [-0.05, 0) is 55.2 Å². The first-order chi connectivity index (χ1) is 15.5. The molecule has 1 aromatic carbocycles. The van der Waals surface area contributed by atoms with Crippen LogP contribution in [0.25, 0.3) is 0 Å². The number of thioether (sulfide) groups is 1. The number of benzene rings is 1. The zero-order chi connectivity index (χ0) is 22.5. The van der Waals surface area contributed by atoms with Crippen molar-refractivity contribution < 1.29 is 14.0 Å². The van der Waals surface area contributed by atoms with E-state index in [9.17, 15) is 9.59 Å². The van der Waals surface area contributed by atoms with Crippen LogP contribution < -0.4 is 10.2 Å². The van der Waals surface area contributed by atoms with E-state index in [1.165, 1.54) is 18.7 Å². The summed E-state index contributed by atoms with van der Waals surface area (Å²) in [7, 11) is 0. The van der Waals surface area contributed by atoms with Crippen molar-refractivity contribution in [2.75, 3.05) is 29.1 Å². The molecule has 0 unspecified atom stereocenters. The summed E-state index contributed by atoms with van der Waals surface area (Å²) >= 11 is 1.37. The summed E-state index contributed by atoms with van der Waals surface area (Å²) < 4.78 is 7.59. The Hall–Kier alpha value is -3.07. The Morgan fingerprint density at radius 3 is 2.56 bits per heavy atom. The highest BCUT2D eigenvalue weighted by Gasteiger charge is 2.24. The molecule has 0 aliphatic carbocycles. The number of hydrogen-bond donors (Lipinski definition) is 1. The lowest BCUT2D eigenvalue weighted by Gasteiger charge is -2.31. The lowest BCUT2D eigenvalue weighted by molar-refractivity contribution is -0.114. The van der Waals surface area contributed by atoms with Crippen molar-refractivity contribution in [1.82, 2.24) is 14.8 Å². The van der Waals surface area contributed by atoms with Crippen LogP contribution in [0.5, 0.6) is 0 Å². The van der Waals surface area contributed by atoms with Crippen LogP contribution in [0, 0.1) is 5.92 Å². The molecule has 1 aliphatic heterocycles. The molecule has 0 bridgehead atoms. The van der Waals surface area contributed by atoms with Gasteiger partial charge in [0.05, 0.1) is 18.6 Å². The molecule has 0 saturated carbocycles. The summed E-state index contributed by atoms with van der Waals surface area (Å²) in [6.45, 7) is 6.14. The van der Waals surface area contributed by atoms with Crippen molar-refractivity contribution in [3.05, 3.63) is 54.0 Å². The number of carbonyl (C=O) groups is 2. The molecule has 3 heterocycles. The van der Waals surface area contributed by atoms with Crippen LogP contribution in [-0.4, -0.2) is 45.3 Å². The summed E-state index contributed by atoms with van der Waals surface area (Å²) in [6, 6.07) is 10.7. The van der Waals surface area contributed by atoms with Gasteiger partial charge in [-0.1, -0.05) is 18.7 Å². The summed E-state index contributed by atoms with van der Waals surface area (Å²) in [6.07, 6.45) is 3.91. The minimum atomic E-state index is -0.144. The van der Waals surface area contributed by atoms with Gasteiger partial charge >= 0.3 is 0 Å². The third-order valence-corrected chi connectivity index (χ3v) is 6.48. The van der Waals surface area contributed by atoms with Gasteiger partial charge in [0.15, 0.2) is 10.9 Å². The number of aromatic nitrogens is 3. The van der Waals surface area contributed by atoms with Gasteiger partial charge < -0.3 is 14.6 Å². The van der Waals surface area contributed by atoms with Crippen molar-refractivity contribution in [2.24, 2.45) is 5.92 Å². The van der Waals surface area contributed by atoms with Crippen LogP contribution in [0.2, 0.25) is 0 Å². The largest absolute Gasteiger partial charge is 0.467 e. The van der Waals surface area contributed by atoms with Gasteiger partial charge in [0.1, 0.15) is 5.76 Å². The van der Waals surface area contributed by atoms with Gasteiger partial charge in [0.2, 0.25) is 11.9 Å². The van der Waals surface area contributed by atoms with Crippen molar-refractivity contribution in [2.45, 2.75) is 38.4 Å². The summed E-state index contributed by atoms with van der Waals surface area (Å²) in [4.78, 5) is 26.2. The van der Waals surface area contributed by atoms with Gasteiger partial charge in [0.25, 0.3) is 0 Å². The maximum atomic E-state index is 12.7. The molecule has 9 heteroatoms. The Labute approximate surface area is 191 Å². The quantitative estimate of drug-likeness (QED) is 0.406. The maximum absolute atomic E-state index is 12.7. The molecule has 3 aromatic rings. The number of piperidine rings is 1. The van der Waals surface area contributed by atoms with Gasteiger partial charge in [-0.15, -0.1) is 10.2 Å². The van der Waals surface area contributed by atoms with Crippen molar-refractivity contribution in [3.8, 4) is 0 Å². The zero-order valence-electron chi connectivity index (χ0n) is 18.3. The lowest BCUT2D eigenvalue weighted by atomic mass is 10.00. The van der Waals surface area contributed by atoms with Crippen LogP contribution in [0.15, 0.2) is 52.2 Å². The Bertz CT molecular complexity index is 1050. The number of nitrogens with one attached hydrogen (secondary N) is 1. The first-order valence-electron chi connectivity index (χ1n) is 10.7. The van der Waals surface area contributed by atoms with Crippen LogP contribution >= 0.6 is 11.8 Å². The molecule has 0 spiro atoms. The number of anilines is 2. The number of ketones is 1. The number of carbonyl (C=O) groups excluding carboxylic acids is 2. The van der Waals surface area contributed by atoms with E-state index in [-0.39, 0.29) is 17.4 Å². The average Bonchev–Trinajstić information content (AvgIpc) is 3.43. The molecular weight excluding hydrogens is 426 g/mol. The number of rotatable bonds is 8. The molecule has 8 nitrogen and oxygen atoms in total. The molecule has 1 fully saturated rings. The summed E-state index contributed by atoms with van der Waals surface area (Å²) in [5.41, 5.74) is 1.26. The van der Waals surface area contributed by atoms with E-state index in [1.807, 2.05) is 16.7 Å². The Kier molecular flexibility index (Phi) is 6.94. The fourth-order valence-corrected chi connectivity index (χ4v) is 4.51. The number of nitrogens with zero attached hydrogens (tertiary/aromatic N) is 4. The standard InChI is InChI=1S/C23H27N5O3S/c1-16-9-11-27(12-10-16)22-25-26-23(28(22)14-20-4-3-13-31-20)32-15-21(30)18-5-7-19(8-6-18)24-17(2)29/h3-8,13,16H,9-12,14-15H2,1-2H3,(H,24,29). The Balaban J connectivity index is 1.47. The van der Waals surface area contributed by atoms with Crippen molar-refractivity contribution in [1.29, 1.82) is 0 Å². The van der Waals surface area contributed by atoms with Crippen LogP contribution in [-0.2, 0) is 11.3 Å². The predicted octanol–water partition coefficient (Wildman–Crippen LogP) is 4.09. The van der Waals surface area contributed by atoms with E-state index < -0.39 is 0 Å². The Morgan fingerprint density at radius 1 is 1.16 bits per heavy atom. The first-order valence-corrected chi connectivity index (χ1v) is 11.7. The molecule has 1 N–H and O–H groups in total. The maximum Gasteiger partial charge on any atom is 0.228 e. The van der Waals surface area contributed by atoms with E-state index in [0.29, 0.717) is 23.0 Å². The lowest BCUT2D eigenvalue weighted by Crippen LogP contribution is -2.35. The van der Waals surface area contributed by atoms with E-state index in [0.717, 1.165) is 43.6 Å². The summed E-state index contributed by atoms with van der Waals surface area (Å²) in [5.74, 6) is 2.45. The van der Waals surface area contributed by atoms with E-state index in [4.69, 9.17) is 4.42 Å². The summed E-state index contributed by atoms with van der Waals surface area (Å²) in [5, 5.41) is 12.3. The fourth-order valence-electron chi connectivity index (χ4n) is 3.68. The van der Waals surface area contributed by atoms with Gasteiger partial charge in [-0.2, -0.15) is 0 Å². The highest BCUT2D eigenvalue weighted by atomic mass is 32.2. The number of furan rings is 1. The average molecular weight is 454 g/mol. The highest BCUT2D eigenvalue weighted by molar-refractivity contribution is 7.99. The molecule has 168 valence electrons. The third kappa shape index (κ3) is 5.40. The minimum Gasteiger partial charge on any atom is -0.467 e. The molecule has 32 heavy (non-hydrogen) atoms. The van der Waals surface area contributed by atoms with E-state index in [1.54, 1.807) is 30.5 Å². The second-order valence-electron chi connectivity index (χ2n) is 8.09. The molecular formula is C23H27N5O3S. The molecule has 2 aromatic heterocycles. The molecule has 1 saturated heterocycles. The fraction of sp³-hybridized carbons (Fsp3) is 0.391. The third-order valence-electron chi connectivity index (χ3n) is 5.52. The van der Waals surface area contributed by atoms with E-state index in [2.05, 4.69) is 27.3 Å². The van der Waals surface area contributed by atoms with Gasteiger partial charge in [-0.3, -0.25) is 14.2 Å². The van der Waals surface area contributed by atoms with Crippen molar-refractivity contribution in [3.63, 3.8) is 0 Å². The van der Waals surface area contributed by atoms with Crippen LogP contribution in [0.4, 0.5) is 11.6 Å². The minimum absolute atomic E-state index is 0.00901. The highest BCUT2D eigenvalue weighted by Crippen LogP contribution is 2.27. The second-order valence-corrected chi connectivity index (χ2v) is 9.03. The molecule has 0 radical (unpaired) electrons. The SMILES string of the molecule is CC(=O)Nc1ccc(C(=O)CSc2nnc(N3CCC(C)CC3)n2Cc2ccco2)cc1. The van der Waals surface area contributed by atoms with Gasteiger partial charge in [-0.25, -0.2) is 0 Å². The molecule has 1 aliphatic rings. The second kappa shape index (κ2) is 10.0. The van der Waals surface area contributed by atoms with Crippen molar-refractivity contribution >= 4 is 35.1 Å². The predicted molar refractivity (Wildman–Crippen MR) is 124 cm³/mol.